The summed E-state index contributed by atoms with van der Waals surface area (Å²) in [6.07, 6.45) is -2.87. The zero-order valence-electron chi connectivity index (χ0n) is 14.4. The predicted molar refractivity (Wildman–Crippen MR) is 93.2 cm³/mol. The topological polar surface area (TPSA) is 53.5 Å². The van der Waals surface area contributed by atoms with Crippen LogP contribution in [-0.4, -0.2) is 45.8 Å². The average molecular weight is 403 g/mol. The monoisotopic (exact) mass is 403 g/mol. The lowest BCUT2D eigenvalue weighted by Gasteiger charge is -2.36. The molecule has 0 aliphatic carbocycles. The lowest BCUT2D eigenvalue weighted by atomic mass is 10.2. The molecular weight excluding hydrogens is 386 g/mol. The van der Waals surface area contributed by atoms with Crippen molar-refractivity contribution in [3.8, 4) is 0 Å². The van der Waals surface area contributed by atoms with Gasteiger partial charge in [-0.2, -0.15) is 13.2 Å². The largest absolute Gasteiger partial charge is 0.417 e. The average Bonchev–Trinajstić information content (AvgIpc) is 2.60. The molecule has 0 N–H and O–H groups in total. The van der Waals surface area contributed by atoms with Gasteiger partial charge in [-0.05, 0) is 30.3 Å². The SMILES string of the molecule is CS(=O)(=O)c1ccc(N2CCN(c3ncc(C(F)(F)F)cc3F)CC2)cc1. The van der Waals surface area contributed by atoms with Gasteiger partial charge in [0.05, 0.1) is 10.5 Å². The minimum Gasteiger partial charge on any atom is -0.368 e. The van der Waals surface area contributed by atoms with Gasteiger partial charge in [0.25, 0.3) is 0 Å². The molecule has 2 heterocycles. The van der Waals surface area contributed by atoms with E-state index in [9.17, 15) is 26.0 Å². The van der Waals surface area contributed by atoms with Gasteiger partial charge in [-0.15, -0.1) is 0 Å². The number of hydrogen-bond acceptors (Lipinski definition) is 5. The van der Waals surface area contributed by atoms with Crippen LogP contribution < -0.4 is 9.80 Å². The molecule has 0 amide bonds. The number of halogens is 4. The van der Waals surface area contributed by atoms with Crippen LogP contribution in [0.4, 0.5) is 29.1 Å². The van der Waals surface area contributed by atoms with E-state index in [4.69, 9.17) is 0 Å². The molecule has 1 fully saturated rings. The molecule has 27 heavy (non-hydrogen) atoms. The van der Waals surface area contributed by atoms with E-state index >= 15 is 0 Å². The van der Waals surface area contributed by atoms with Crippen LogP contribution in [0.2, 0.25) is 0 Å². The number of hydrogen-bond donors (Lipinski definition) is 0. The van der Waals surface area contributed by atoms with Crippen molar-refractivity contribution < 1.29 is 26.0 Å². The van der Waals surface area contributed by atoms with Crippen molar-refractivity contribution in [1.82, 2.24) is 4.98 Å². The van der Waals surface area contributed by atoms with Gasteiger partial charge in [-0.3, -0.25) is 0 Å². The van der Waals surface area contributed by atoms with Crippen molar-refractivity contribution in [1.29, 1.82) is 0 Å². The Kier molecular flexibility index (Phi) is 5.02. The molecule has 0 spiro atoms. The van der Waals surface area contributed by atoms with E-state index in [2.05, 4.69) is 4.98 Å². The number of alkyl halides is 3. The minimum atomic E-state index is -4.64. The van der Waals surface area contributed by atoms with E-state index in [1.165, 1.54) is 12.1 Å². The lowest BCUT2D eigenvalue weighted by Crippen LogP contribution is -2.47. The summed E-state index contributed by atoms with van der Waals surface area (Å²) in [7, 11) is -3.27. The zero-order chi connectivity index (χ0) is 19.8. The van der Waals surface area contributed by atoms with Crippen LogP contribution in [0.1, 0.15) is 5.56 Å². The molecule has 1 saturated heterocycles. The summed E-state index contributed by atoms with van der Waals surface area (Å²) in [6.45, 7) is 1.76. The lowest BCUT2D eigenvalue weighted by molar-refractivity contribution is -0.138. The maximum atomic E-state index is 14.1. The number of aromatic nitrogens is 1. The van der Waals surface area contributed by atoms with E-state index in [0.29, 0.717) is 38.4 Å². The molecular formula is C17H17F4N3O2S. The molecule has 0 bridgehead atoms. The summed E-state index contributed by atoms with van der Waals surface area (Å²) >= 11 is 0. The quantitative estimate of drug-likeness (QED) is 0.738. The Bertz CT molecular complexity index is 922. The molecule has 1 aromatic heterocycles. The van der Waals surface area contributed by atoms with Crippen molar-refractivity contribution in [2.75, 3.05) is 42.2 Å². The molecule has 0 atom stereocenters. The van der Waals surface area contributed by atoms with Gasteiger partial charge in [0, 0.05) is 44.3 Å². The van der Waals surface area contributed by atoms with Gasteiger partial charge in [0.2, 0.25) is 0 Å². The number of nitrogens with zero attached hydrogens (tertiary/aromatic N) is 3. The first-order valence-electron chi connectivity index (χ1n) is 8.08. The molecule has 1 aliphatic heterocycles. The zero-order valence-corrected chi connectivity index (χ0v) is 15.2. The van der Waals surface area contributed by atoms with Gasteiger partial charge in [0.15, 0.2) is 21.5 Å². The van der Waals surface area contributed by atoms with E-state index in [1.807, 2.05) is 4.90 Å². The van der Waals surface area contributed by atoms with Crippen molar-refractivity contribution >= 4 is 21.3 Å². The summed E-state index contributed by atoms with van der Waals surface area (Å²) in [5.74, 6) is -1.11. The molecule has 5 nitrogen and oxygen atoms in total. The Morgan fingerprint density at radius 3 is 2.04 bits per heavy atom. The second-order valence-corrected chi connectivity index (χ2v) is 8.28. The molecule has 0 unspecified atom stereocenters. The highest BCUT2D eigenvalue weighted by molar-refractivity contribution is 7.90. The highest BCUT2D eigenvalue weighted by atomic mass is 32.2. The van der Waals surface area contributed by atoms with E-state index in [-0.39, 0.29) is 10.7 Å². The Hall–Kier alpha value is -2.36. The fourth-order valence-corrected chi connectivity index (χ4v) is 3.53. The molecule has 146 valence electrons. The van der Waals surface area contributed by atoms with Gasteiger partial charge in [-0.25, -0.2) is 17.8 Å². The van der Waals surface area contributed by atoms with E-state index in [0.717, 1.165) is 11.9 Å². The number of piperazine rings is 1. The second-order valence-electron chi connectivity index (χ2n) is 6.27. The maximum Gasteiger partial charge on any atom is 0.417 e. The Morgan fingerprint density at radius 2 is 1.56 bits per heavy atom. The second kappa shape index (κ2) is 6.99. The molecule has 2 aromatic rings. The Balaban J connectivity index is 1.69. The first-order chi connectivity index (χ1) is 12.6. The minimum absolute atomic E-state index is 0.102. The highest BCUT2D eigenvalue weighted by Crippen LogP contribution is 2.31. The number of sulfone groups is 1. The summed E-state index contributed by atoms with van der Waals surface area (Å²) in [4.78, 5) is 7.46. The van der Waals surface area contributed by atoms with Crippen LogP contribution in [0.3, 0.4) is 0 Å². The number of anilines is 2. The Labute approximate surface area is 154 Å². The van der Waals surface area contributed by atoms with Crippen LogP contribution >= 0.6 is 0 Å². The van der Waals surface area contributed by atoms with Crippen LogP contribution in [0.5, 0.6) is 0 Å². The van der Waals surface area contributed by atoms with Crippen LogP contribution in [0.25, 0.3) is 0 Å². The molecule has 1 aliphatic rings. The predicted octanol–water partition coefficient (Wildman–Crippen LogP) is 2.97. The standard InChI is InChI=1S/C17H17F4N3O2S/c1-27(25,26)14-4-2-13(3-5-14)23-6-8-24(9-7-23)16-15(18)10-12(11-22-16)17(19,20)21/h2-5,10-11H,6-9H2,1H3. The first kappa shape index (κ1) is 19.4. The number of pyridine rings is 1. The summed E-state index contributed by atoms with van der Waals surface area (Å²) in [5, 5.41) is 0. The summed E-state index contributed by atoms with van der Waals surface area (Å²) in [5.41, 5.74) is -0.295. The van der Waals surface area contributed by atoms with Crippen molar-refractivity contribution in [2.45, 2.75) is 11.1 Å². The van der Waals surface area contributed by atoms with Crippen molar-refractivity contribution in [3.05, 3.63) is 47.9 Å². The highest BCUT2D eigenvalue weighted by Gasteiger charge is 2.32. The van der Waals surface area contributed by atoms with Crippen LogP contribution in [0, 0.1) is 5.82 Å². The molecule has 0 saturated carbocycles. The summed E-state index contributed by atoms with van der Waals surface area (Å²) in [6, 6.07) is 6.90. The normalized spacial score (nSPS) is 15.9. The summed E-state index contributed by atoms with van der Waals surface area (Å²) < 4.78 is 74.9. The first-order valence-corrected chi connectivity index (χ1v) is 9.97. The van der Waals surface area contributed by atoms with Crippen LogP contribution in [0.15, 0.2) is 41.4 Å². The molecule has 10 heteroatoms. The van der Waals surface area contributed by atoms with Crippen LogP contribution in [-0.2, 0) is 16.0 Å². The van der Waals surface area contributed by atoms with Gasteiger partial charge < -0.3 is 9.80 Å². The molecule has 1 aromatic carbocycles. The fraction of sp³-hybridized carbons (Fsp3) is 0.353. The smallest absolute Gasteiger partial charge is 0.368 e. The molecule has 0 radical (unpaired) electrons. The number of benzene rings is 1. The third-order valence-corrected chi connectivity index (χ3v) is 5.49. The number of rotatable bonds is 3. The van der Waals surface area contributed by atoms with E-state index in [1.54, 1.807) is 17.0 Å². The van der Waals surface area contributed by atoms with Crippen molar-refractivity contribution in [2.24, 2.45) is 0 Å². The Morgan fingerprint density at radius 1 is 1.00 bits per heavy atom. The van der Waals surface area contributed by atoms with E-state index < -0.39 is 27.4 Å². The fourth-order valence-electron chi connectivity index (χ4n) is 2.90. The van der Waals surface area contributed by atoms with Gasteiger partial charge in [-0.1, -0.05) is 0 Å². The third-order valence-electron chi connectivity index (χ3n) is 4.36. The third kappa shape index (κ3) is 4.32. The molecule has 3 rings (SSSR count). The van der Waals surface area contributed by atoms with Gasteiger partial charge in [0.1, 0.15) is 0 Å². The maximum absolute atomic E-state index is 14.1. The van der Waals surface area contributed by atoms with Crippen molar-refractivity contribution in [3.63, 3.8) is 0 Å². The van der Waals surface area contributed by atoms with Gasteiger partial charge >= 0.3 is 6.18 Å².